The van der Waals surface area contributed by atoms with Gasteiger partial charge in [-0.1, -0.05) is 12.1 Å². The number of amides is 1. The van der Waals surface area contributed by atoms with Crippen LogP contribution in [0.25, 0.3) is 33.5 Å². The molecule has 1 unspecified atom stereocenters. The van der Waals surface area contributed by atoms with Crippen molar-refractivity contribution in [1.82, 2.24) is 25.3 Å². The van der Waals surface area contributed by atoms with E-state index in [4.69, 9.17) is 4.74 Å². The van der Waals surface area contributed by atoms with Crippen molar-refractivity contribution in [2.24, 2.45) is 0 Å². The number of methoxy groups -OCH3 is 1. The Balaban J connectivity index is 1.40. The molecule has 0 fully saturated rings. The Hall–Kier alpha value is -4.72. The third-order valence-corrected chi connectivity index (χ3v) is 5.91. The van der Waals surface area contributed by atoms with Crippen LogP contribution in [0.2, 0.25) is 0 Å². The summed E-state index contributed by atoms with van der Waals surface area (Å²) >= 11 is 0. The van der Waals surface area contributed by atoms with E-state index in [1.54, 1.807) is 50.0 Å². The summed E-state index contributed by atoms with van der Waals surface area (Å²) < 4.78 is 5.38. The van der Waals surface area contributed by atoms with Crippen molar-refractivity contribution in [3.8, 4) is 34.1 Å². The lowest BCUT2D eigenvalue weighted by atomic mass is 10.0. The van der Waals surface area contributed by atoms with Gasteiger partial charge in [0.15, 0.2) is 0 Å². The van der Waals surface area contributed by atoms with Crippen LogP contribution in [0.3, 0.4) is 0 Å². The SMILES string of the molecule is COc1ncccc1-c1ccc(O)c(-c2nc3cc(C(=O)NC(C)Cc4cccnc4)ccc3[nH]2)c1. The van der Waals surface area contributed by atoms with E-state index in [0.717, 1.165) is 22.2 Å². The number of aromatic hydroxyl groups is 1. The molecule has 0 spiro atoms. The molecule has 3 aromatic heterocycles. The number of carbonyl (C=O) groups is 1. The summed E-state index contributed by atoms with van der Waals surface area (Å²) in [5.41, 5.74) is 5.12. The van der Waals surface area contributed by atoms with Crippen LogP contribution in [0, 0.1) is 0 Å². The van der Waals surface area contributed by atoms with E-state index in [1.807, 2.05) is 43.3 Å². The first kappa shape index (κ1) is 23.0. The van der Waals surface area contributed by atoms with Gasteiger partial charge in [-0.15, -0.1) is 0 Å². The standard InChI is InChI=1S/C28H25N5O3/c1-17(13-18-5-3-11-29-16-18)31-27(35)20-7-9-23-24(15-20)33-26(32-23)22-14-19(8-10-25(22)34)21-6-4-12-30-28(21)36-2/h3-12,14-17,34H,13H2,1-2H3,(H,31,35)(H,32,33). The van der Waals surface area contributed by atoms with Gasteiger partial charge >= 0.3 is 0 Å². The van der Waals surface area contributed by atoms with Gasteiger partial charge in [0.2, 0.25) is 5.88 Å². The monoisotopic (exact) mass is 479 g/mol. The number of phenolic OH excluding ortho intramolecular Hbond substituents is 1. The van der Waals surface area contributed by atoms with E-state index in [9.17, 15) is 9.90 Å². The highest BCUT2D eigenvalue weighted by Crippen LogP contribution is 2.35. The molecule has 8 nitrogen and oxygen atoms in total. The van der Waals surface area contributed by atoms with Crippen LogP contribution in [0.1, 0.15) is 22.8 Å². The molecule has 36 heavy (non-hydrogen) atoms. The van der Waals surface area contributed by atoms with Gasteiger partial charge in [0.1, 0.15) is 11.6 Å². The molecule has 1 amide bonds. The van der Waals surface area contributed by atoms with Crippen molar-refractivity contribution in [2.45, 2.75) is 19.4 Å². The van der Waals surface area contributed by atoms with Crippen LogP contribution in [0.4, 0.5) is 0 Å². The van der Waals surface area contributed by atoms with E-state index in [1.165, 1.54) is 0 Å². The molecule has 5 rings (SSSR count). The van der Waals surface area contributed by atoms with E-state index in [-0.39, 0.29) is 17.7 Å². The smallest absolute Gasteiger partial charge is 0.251 e. The van der Waals surface area contributed by atoms with Gasteiger partial charge in [0, 0.05) is 35.8 Å². The lowest BCUT2D eigenvalue weighted by molar-refractivity contribution is 0.0940. The zero-order valence-corrected chi connectivity index (χ0v) is 19.9. The summed E-state index contributed by atoms with van der Waals surface area (Å²) in [4.78, 5) is 29.1. The molecular weight excluding hydrogens is 454 g/mol. The van der Waals surface area contributed by atoms with E-state index >= 15 is 0 Å². The fourth-order valence-corrected chi connectivity index (χ4v) is 4.17. The molecule has 0 aliphatic heterocycles. The van der Waals surface area contributed by atoms with Crippen LogP contribution >= 0.6 is 0 Å². The van der Waals surface area contributed by atoms with Gasteiger partial charge in [-0.3, -0.25) is 9.78 Å². The second-order valence-electron chi connectivity index (χ2n) is 8.55. The van der Waals surface area contributed by atoms with Crippen LogP contribution in [-0.4, -0.2) is 44.1 Å². The first-order valence-electron chi connectivity index (χ1n) is 11.5. The third kappa shape index (κ3) is 4.74. The Kier molecular flexibility index (Phi) is 6.32. The van der Waals surface area contributed by atoms with Crippen LogP contribution in [0.5, 0.6) is 11.6 Å². The molecule has 3 heterocycles. The number of phenols is 1. The number of aromatic nitrogens is 4. The molecular formula is C28H25N5O3. The zero-order chi connectivity index (χ0) is 25.1. The molecule has 3 N–H and O–H groups in total. The quantitative estimate of drug-likeness (QED) is 0.310. The lowest BCUT2D eigenvalue weighted by Gasteiger charge is -2.13. The first-order chi connectivity index (χ1) is 17.5. The average molecular weight is 480 g/mol. The maximum atomic E-state index is 12.9. The van der Waals surface area contributed by atoms with E-state index < -0.39 is 0 Å². The number of imidazole rings is 1. The number of ether oxygens (including phenoxy) is 1. The molecule has 1 atom stereocenters. The molecule has 5 aromatic rings. The van der Waals surface area contributed by atoms with E-state index in [2.05, 4.69) is 25.3 Å². The number of rotatable bonds is 7. The Bertz CT molecular complexity index is 1530. The van der Waals surface area contributed by atoms with E-state index in [0.29, 0.717) is 34.8 Å². The zero-order valence-electron chi connectivity index (χ0n) is 19.9. The van der Waals surface area contributed by atoms with Crippen molar-refractivity contribution in [3.05, 3.63) is 90.4 Å². The van der Waals surface area contributed by atoms with Gasteiger partial charge in [-0.25, -0.2) is 9.97 Å². The summed E-state index contributed by atoms with van der Waals surface area (Å²) in [7, 11) is 1.57. The maximum absolute atomic E-state index is 12.9. The highest BCUT2D eigenvalue weighted by atomic mass is 16.5. The second-order valence-corrected chi connectivity index (χ2v) is 8.55. The average Bonchev–Trinajstić information content (AvgIpc) is 3.32. The normalized spacial score (nSPS) is 11.8. The van der Waals surface area contributed by atoms with Crippen molar-refractivity contribution in [1.29, 1.82) is 0 Å². The Labute approximate surface area is 208 Å². The highest BCUT2D eigenvalue weighted by molar-refractivity contribution is 5.98. The fraction of sp³-hybridized carbons (Fsp3) is 0.143. The van der Waals surface area contributed by atoms with Gasteiger partial charge in [-0.2, -0.15) is 0 Å². The number of carbonyl (C=O) groups excluding carboxylic acids is 1. The van der Waals surface area contributed by atoms with Crippen LogP contribution < -0.4 is 10.1 Å². The summed E-state index contributed by atoms with van der Waals surface area (Å²) in [6.07, 6.45) is 5.88. The number of nitrogens with one attached hydrogen (secondary N) is 2. The number of hydrogen-bond donors (Lipinski definition) is 3. The summed E-state index contributed by atoms with van der Waals surface area (Å²) in [5.74, 6) is 0.899. The third-order valence-electron chi connectivity index (χ3n) is 5.91. The number of aromatic amines is 1. The molecule has 0 aliphatic carbocycles. The topological polar surface area (TPSA) is 113 Å². The van der Waals surface area contributed by atoms with Gasteiger partial charge in [0.25, 0.3) is 5.91 Å². The van der Waals surface area contributed by atoms with Crippen molar-refractivity contribution < 1.29 is 14.6 Å². The molecule has 0 saturated carbocycles. The fourth-order valence-electron chi connectivity index (χ4n) is 4.17. The molecule has 0 saturated heterocycles. The molecule has 2 aromatic carbocycles. The number of H-pyrrole nitrogens is 1. The summed E-state index contributed by atoms with van der Waals surface area (Å²) in [6, 6.07) is 18.1. The molecule has 180 valence electrons. The molecule has 0 bridgehead atoms. The van der Waals surface area contributed by atoms with Crippen molar-refractivity contribution in [2.75, 3.05) is 7.11 Å². The molecule has 8 heteroatoms. The Morgan fingerprint density at radius 1 is 1.08 bits per heavy atom. The lowest BCUT2D eigenvalue weighted by Crippen LogP contribution is -2.34. The predicted molar refractivity (Wildman–Crippen MR) is 138 cm³/mol. The second kappa shape index (κ2) is 9.87. The minimum Gasteiger partial charge on any atom is -0.507 e. The minimum atomic E-state index is -0.175. The van der Waals surface area contributed by atoms with Crippen molar-refractivity contribution in [3.63, 3.8) is 0 Å². The molecule has 0 aliphatic rings. The highest BCUT2D eigenvalue weighted by Gasteiger charge is 2.16. The number of fused-ring (bicyclic) bond motifs is 1. The minimum absolute atomic E-state index is 0.0590. The number of nitrogens with zero attached hydrogens (tertiary/aromatic N) is 3. The Morgan fingerprint density at radius 2 is 1.94 bits per heavy atom. The maximum Gasteiger partial charge on any atom is 0.251 e. The number of benzene rings is 2. The number of hydrogen-bond acceptors (Lipinski definition) is 6. The predicted octanol–water partition coefficient (Wildman–Crippen LogP) is 4.76. The summed E-state index contributed by atoms with van der Waals surface area (Å²) in [5, 5.41) is 13.6. The Morgan fingerprint density at radius 3 is 2.75 bits per heavy atom. The van der Waals surface area contributed by atoms with Crippen LogP contribution in [0.15, 0.2) is 79.3 Å². The van der Waals surface area contributed by atoms with Crippen LogP contribution in [-0.2, 0) is 6.42 Å². The largest absolute Gasteiger partial charge is 0.507 e. The van der Waals surface area contributed by atoms with Gasteiger partial charge < -0.3 is 20.1 Å². The summed E-state index contributed by atoms with van der Waals surface area (Å²) in [6.45, 7) is 1.96. The molecule has 0 radical (unpaired) electrons. The first-order valence-corrected chi connectivity index (χ1v) is 11.5. The number of pyridine rings is 2. The van der Waals surface area contributed by atoms with Gasteiger partial charge in [0.05, 0.1) is 23.7 Å². The van der Waals surface area contributed by atoms with Crippen molar-refractivity contribution >= 4 is 16.9 Å². The van der Waals surface area contributed by atoms with Gasteiger partial charge in [-0.05, 0) is 73.0 Å².